The topological polar surface area (TPSA) is 15.6 Å². The molecule has 1 aliphatic heterocycles. The van der Waals surface area contributed by atoms with Gasteiger partial charge in [0.15, 0.2) is 0 Å². The molecule has 2 rings (SSSR count). The third-order valence-electron chi connectivity index (χ3n) is 3.17. The second-order valence-electron chi connectivity index (χ2n) is 4.08. The monoisotopic (exact) mass is 166 g/mol. The zero-order valence-corrected chi connectivity index (χ0v) is 7.87. The highest BCUT2D eigenvalue weighted by atomic mass is 15.5. The predicted molar refractivity (Wildman–Crippen MR) is 51.2 cm³/mol. The molecule has 1 fully saturated rings. The maximum absolute atomic E-state index is 4.42. The molecule has 12 heavy (non-hydrogen) atoms. The van der Waals surface area contributed by atoms with Crippen LogP contribution in [0.5, 0.6) is 0 Å². The van der Waals surface area contributed by atoms with Gasteiger partial charge < -0.3 is 0 Å². The van der Waals surface area contributed by atoms with Crippen LogP contribution in [0.2, 0.25) is 0 Å². The summed E-state index contributed by atoms with van der Waals surface area (Å²) in [5, 5.41) is 6.73. The number of hydrazone groups is 1. The summed E-state index contributed by atoms with van der Waals surface area (Å²) in [6.07, 6.45) is 8.80. The van der Waals surface area contributed by atoms with Gasteiger partial charge in [0.2, 0.25) is 0 Å². The molecule has 0 aromatic rings. The maximum Gasteiger partial charge on any atom is 0.0496 e. The lowest BCUT2D eigenvalue weighted by Gasteiger charge is -2.34. The van der Waals surface area contributed by atoms with Crippen LogP contribution in [0.1, 0.15) is 39.0 Å². The SMILES string of the molecule is CC1CCCCC1N1CCC=N1. The first-order valence-corrected chi connectivity index (χ1v) is 5.17. The van der Waals surface area contributed by atoms with E-state index in [9.17, 15) is 0 Å². The van der Waals surface area contributed by atoms with Crippen LogP contribution in [0, 0.1) is 5.92 Å². The molecule has 0 N–H and O–H groups in total. The normalized spacial score (nSPS) is 35.9. The fraction of sp³-hybridized carbons (Fsp3) is 0.900. The van der Waals surface area contributed by atoms with Crippen molar-refractivity contribution in [2.75, 3.05) is 6.54 Å². The Balaban J connectivity index is 1.95. The van der Waals surface area contributed by atoms with Crippen LogP contribution in [0.15, 0.2) is 5.10 Å². The maximum atomic E-state index is 4.42. The van der Waals surface area contributed by atoms with Crippen LogP contribution in [0.3, 0.4) is 0 Å². The Bertz CT molecular complexity index is 177. The van der Waals surface area contributed by atoms with E-state index in [1.165, 1.54) is 25.7 Å². The summed E-state index contributed by atoms with van der Waals surface area (Å²) < 4.78 is 0. The molecule has 1 saturated carbocycles. The summed E-state index contributed by atoms with van der Waals surface area (Å²) in [4.78, 5) is 0. The Morgan fingerprint density at radius 1 is 1.33 bits per heavy atom. The Hall–Kier alpha value is -0.530. The predicted octanol–water partition coefficient (Wildman–Crippen LogP) is 2.26. The van der Waals surface area contributed by atoms with Gasteiger partial charge in [-0.3, -0.25) is 5.01 Å². The summed E-state index contributed by atoms with van der Waals surface area (Å²) in [7, 11) is 0. The van der Waals surface area contributed by atoms with Crippen LogP contribution < -0.4 is 0 Å². The quantitative estimate of drug-likeness (QED) is 0.583. The smallest absolute Gasteiger partial charge is 0.0496 e. The molecule has 0 radical (unpaired) electrons. The first-order chi connectivity index (χ1) is 5.88. The van der Waals surface area contributed by atoms with Crippen LogP contribution >= 0.6 is 0 Å². The Kier molecular flexibility index (Phi) is 2.33. The zero-order valence-electron chi connectivity index (χ0n) is 7.87. The second-order valence-corrected chi connectivity index (χ2v) is 4.08. The van der Waals surface area contributed by atoms with Crippen molar-refractivity contribution in [2.24, 2.45) is 11.0 Å². The highest BCUT2D eigenvalue weighted by Crippen LogP contribution is 2.29. The lowest BCUT2D eigenvalue weighted by Crippen LogP contribution is -2.36. The van der Waals surface area contributed by atoms with Gasteiger partial charge in [-0.2, -0.15) is 5.10 Å². The van der Waals surface area contributed by atoms with E-state index in [2.05, 4.69) is 23.2 Å². The second kappa shape index (κ2) is 3.46. The van der Waals surface area contributed by atoms with Crippen molar-refractivity contribution in [1.29, 1.82) is 0 Å². The minimum atomic E-state index is 0.748. The van der Waals surface area contributed by atoms with Gasteiger partial charge in [-0.05, 0) is 18.8 Å². The molecular formula is C10H18N2. The zero-order chi connectivity index (χ0) is 8.39. The molecule has 0 saturated heterocycles. The van der Waals surface area contributed by atoms with Gasteiger partial charge in [-0.1, -0.05) is 19.8 Å². The number of hydrogen-bond donors (Lipinski definition) is 0. The van der Waals surface area contributed by atoms with Crippen molar-refractivity contribution in [3.8, 4) is 0 Å². The standard InChI is InChI=1S/C10H18N2/c1-9-5-2-3-6-10(9)12-8-4-7-11-12/h7,9-10H,2-6,8H2,1H3. The molecule has 1 aliphatic carbocycles. The van der Waals surface area contributed by atoms with E-state index in [0.29, 0.717) is 0 Å². The summed E-state index contributed by atoms with van der Waals surface area (Å²) in [5.41, 5.74) is 0. The van der Waals surface area contributed by atoms with Gasteiger partial charge >= 0.3 is 0 Å². The molecule has 0 aromatic carbocycles. The minimum absolute atomic E-state index is 0.748. The lowest BCUT2D eigenvalue weighted by atomic mass is 9.85. The fourth-order valence-corrected chi connectivity index (χ4v) is 2.40. The van der Waals surface area contributed by atoms with Crippen molar-refractivity contribution >= 4 is 6.21 Å². The van der Waals surface area contributed by atoms with Crippen molar-refractivity contribution in [1.82, 2.24) is 5.01 Å². The van der Waals surface area contributed by atoms with Gasteiger partial charge in [-0.15, -0.1) is 0 Å². The Morgan fingerprint density at radius 2 is 2.17 bits per heavy atom. The lowest BCUT2D eigenvalue weighted by molar-refractivity contribution is 0.128. The number of nitrogens with zero attached hydrogens (tertiary/aromatic N) is 2. The van der Waals surface area contributed by atoms with Crippen molar-refractivity contribution in [3.63, 3.8) is 0 Å². The Morgan fingerprint density at radius 3 is 2.83 bits per heavy atom. The Labute approximate surface area is 74.6 Å². The van der Waals surface area contributed by atoms with Crippen LogP contribution in [0.4, 0.5) is 0 Å². The molecule has 0 bridgehead atoms. The van der Waals surface area contributed by atoms with Crippen molar-refractivity contribution in [2.45, 2.75) is 45.1 Å². The summed E-state index contributed by atoms with van der Waals surface area (Å²) in [6, 6.07) is 0.748. The number of hydrogen-bond acceptors (Lipinski definition) is 2. The molecule has 0 spiro atoms. The third-order valence-corrected chi connectivity index (χ3v) is 3.17. The molecule has 1 heterocycles. The third kappa shape index (κ3) is 1.47. The number of rotatable bonds is 1. The van der Waals surface area contributed by atoms with E-state index < -0.39 is 0 Å². The molecule has 2 heteroatoms. The molecule has 0 aromatic heterocycles. The molecule has 2 atom stereocenters. The summed E-state index contributed by atoms with van der Waals surface area (Å²) in [6.45, 7) is 3.53. The highest BCUT2D eigenvalue weighted by Gasteiger charge is 2.27. The molecule has 0 amide bonds. The largest absolute Gasteiger partial charge is 0.294 e. The minimum Gasteiger partial charge on any atom is -0.294 e. The van der Waals surface area contributed by atoms with Crippen molar-refractivity contribution in [3.05, 3.63) is 0 Å². The molecule has 68 valence electrons. The summed E-state index contributed by atoms with van der Waals surface area (Å²) >= 11 is 0. The first kappa shape index (κ1) is 8.09. The average Bonchev–Trinajstić information content (AvgIpc) is 2.57. The molecule has 2 unspecified atom stereocenters. The first-order valence-electron chi connectivity index (χ1n) is 5.17. The summed E-state index contributed by atoms with van der Waals surface area (Å²) in [5.74, 6) is 0.856. The average molecular weight is 166 g/mol. The van der Waals surface area contributed by atoms with Gasteiger partial charge in [0.1, 0.15) is 0 Å². The van der Waals surface area contributed by atoms with Crippen LogP contribution in [-0.2, 0) is 0 Å². The van der Waals surface area contributed by atoms with E-state index >= 15 is 0 Å². The van der Waals surface area contributed by atoms with E-state index in [1.54, 1.807) is 0 Å². The van der Waals surface area contributed by atoms with E-state index in [-0.39, 0.29) is 0 Å². The van der Waals surface area contributed by atoms with Crippen molar-refractivity contribution < 1.29 is 0 Å². The van der Waals surface area contributed by atoms with E-state index in [0.717, 1.165) is 24.9 Å². The fourth-order valence-electron chi connectivity index (χ4n) is 2.40. The van der Waals surface area contributed by atoms with Gasteiger partial charge in [-0.25, -0.2) is 0 Å². The molecule has 2 nitrogen and oxygen atoms in total. The van der Waals surface area contributed by atoms with Gasteiger partial charge in [0, 0.05) is 25.2 Å². The highest BCUT2D eigenvalue weighted by molar-refractivity contribution is 5.58. The van der Waals surface area contributed by atoms with Gasteiger partial charge in [0.05, 0.1) is 0 Å². The van der Waals surface area contributed by atoms with E-state index in [4.69, 9.17) is 0 Å². The van der Waals surface area contributed by atoms with Gasteiger partial charge in [0.25, 0.3) is 0 Å². The van der Waals surface area contributed by atoms with Crippen LogP contribution in [-0.4, -0.2) is 23.8 Å². The molecular weight excluding hydrogens is 148 g/mol. The molecule has 2 aliphatic rings. The van der Waals surface area contributed by atoms with Crippen LogP contribution in [0.25, 0.3) is 0 Å². The van der Waals surface area contributed by atoms with E-state index in [1.807, 2.05) is 0 Å².